The summed E-state index contributed by atoms with van der Waals surface area (Å²) in [6.45, 7) is 2.80. The number of amides is 2. The second kappa shape index (κ2) is 16.8. The van der Waals surface area contributed by atoms with Crippen molar-refractivity contribution in [3.05, 3.63) is 68.8 Å². The van der Waals surface area contributed by atoms with Gasteiger partial charge in [-0.15, -0.1) is 11.5 Å². The van der Waals surface area contributed by atoms with Crippen molar-refractivity contribution in [1.82, 2.24) is 29.0 Å². The Morgan fingerprint density at radius 1 is 1.00 bits per heavy atom. The lowest BCUT2D eigenvalue weighted by Crippen LogP contribution is -2.37. The lowest BCUT2D eigenvalue weighted by molar-refractivity contribution is 0.255. The van der Waals surface area contributed by atoms with E-state index >= 15 is 0 Å². The Morgan fingerprint density at radius 2 is 1.69 bits per heavy atom. The molecule has 0 atom stereocenters. The van der Waals surface area contributed by atoms with Crippen molar-refractivity contribution in [3.63, 3.8) is 0 Å². The van der Waals surface area contributed by atoms with Crippen LogP contribution in [0.1, 0.15) is 25.6 Å². The smallest absolute Gasteiger partial charge is 0.411 e. The quantitative estimate of drug-likeness (QED) is 0.211. The van der Waals surface area contributed by atoms with Crippen LogP contribution in [0.3, 0.4) is 0 Å². The Balaban J connectivity index is 0.000000225. The minimum atomic E-state index is -4.49. The van der Waals surface area contributed by atoms with Crippen LogP contribution in [-0.4, -0.2) is 66.2 Å². The molecule has 0 aliphatic carbocycles. The van der Waals surface area contributed by atoms with E-state index in [0.29, 0.717) is 34.6 Å². The fraction of sp³-hybridized carbons (Fsp3) is 0.300. The first-order valence-electron chi connectivity index (χ1n) is 14.4. The zero-order valence-corrected chi connectivity index (χ0v) is 28.8. The first-order valence-corrected chi connectivity index (χ1v) is 16.6. The topological polar surface area (TPSA) is 187 Å². The Hall–Kier alpha value is -5.18. The number of anilines is 1. The molecule has 0 saturated carbocycles. The maximum absolute atomic E-state index is 12.5. The molecule has 0 unspecified atom stereocenters. The number of terminal acetylenes is 1. The summed E-state index contributed by atoms with van der Waals surface area (Å²) < 4.78 is 54.2. The van der Waals surface area contributed by atoms with Crippen LogP contribution < -0.4 is 38.9 Å². The predicted molar refractivity (Wildman–Crippen MR) is 180 cm³/mol. The van der Waals surface area contributed by atoms with E-state index in [1.54, 1.807) is 34.4 Å². The van der Waals surface area contributed by atoms with Crippen LogP contribution in [0.15, 0.2) is 47.3 Å². The predicted octanol–water partition coefficient (Wildman–Crippen LogP) is 4.03. The zero-order valence-electron chi connectivity index (χ0n) is 26.4. The molecule has 5 rings (SSSR count). The molecule has 0 spiro atoms. The molecule has 0 radical (unpaired) electrons. The number of aryl methyl sites for hydroxylation is 1. The second-order valence-corrected chi connectivity index (χ2v) is 11.8. The van der Waals surface area contributed by atoms with Crippen molar-refractivity contribution in [2.24, 2.45) is 0 Å². The van der Waals surface area contributed by atoms with Gasteiger partial charge >= 0.3 is 22.0 Å². The number of hydrogen-bond donors (Lipinski definition) is 2. The highest BCUT2D eigenvalue weighted by Crippen LogP contribution is 2.33. The fourth-order valence-electron chi connectivity index (χ4n) is 4.31. The molecule has 0 bridgehead atoms. The molecule has 0 saturated heterocycles. The highest BCUT2D eigenvalue weighted by atomic mass is 35.5. The van der Waals surface area contributed by atoms with E-state index in [9.17, 15) is 18.0 Å². The number of hydrogen-bond acceptors (Lipinski definition) is 12. The van der Waals surface area contributed by atoms with Gasteiger partial charge in [-0.25, -0.2) is 14.3 Å². The van der Waals surface area contributed by atoms with E-state index in [-0.39, 0.29) is 41.5 Å². The number of halogens is 2. The first kappa shape index (κ1) is 36.7. The maximum Gasteiger partial charge on any atom is 0.411 e. The van der Waals surface area contributed by atoms with Crippen LogP contribution in [0.2, 0.25) is 10.0 Å². The van der Waals surface area contributed by atoms with Crippen molar-refractivity contribution in [3.8, 4) is 47.0 Å². The van der Waals surface area contributed by atoms with Crippen LogP contribution >= 0.6 is 23.2 Å². The number of rotatable bonds is 11. The number of nitrogens with one attached hydrogen (secondary N) is 2. The Kier molecular flexibility index (Phi) is 12.5. The van der Waals surface area contributed by atoms with Crippen molar-refractivity contribution in [2.75, 3.05) is 32.8 Å². The third-order valence-corrected chi connectivity index (χ3v) is 7.83. The Morgan fingerprint density at radius 3 is 2.33 bits per heavy atom. The highest BCUT2D eigenvalue weighted by molar-refractivity contribution is 7.85. The van der Waals surface area contributed by atoms with Gasteiger partial charge in [-0.05, 0) is 38.0 Å². The number of carbonyl (C=O) groups excluding carboxylic acids is 1. The monoisotopic (exact) mass is 735 g/mol. The van der Waals surface area contributed by atoms with Gasteiger partial charge in [0, 0.05) is 19.0 Å². The number of benzene rings is 2. The zero-order chi connectivity index (χ0) is 35.6. The van der Waals surface area contributed by atoms with Crippen molar-refractivity contribution < 1.29 is 36.3 Å². The molecule has 0 fully saturated rings. The van der Waals surface area contributed by atoms with Crippen molar-refractivity contribution >= 4 is 45.5 Å². The molecule has 1 aliphatic rings. The molecule has 2 aromatic carbocycles. The average Bonchev–Trinajstić information content (AvgIpc) is 3.40. The van der Waals surface area contributed by atoms with Crippen LogP contribution in [0.25, 0.3) is 5.69 Å². The summed E-state index contributed by atoms with van der Waals surface area (Å²) in [5.41, 5.74) is 0.229. The number of para-hydroxylation sites is 2. The number of carbonyl (C=O) groups is 1. The fourth-order valence-corrected chi connectivity index (χ4v) is 5.52. The van der Waals surface area contributed by atoms with E-state index < -0.39 is 16.3 Å². The standard InChI is InChI=1S/C15H13Cl2N3O2.C15H18N4O7S/c1-2-7-22-13-9-12(10(16)8-11(13)17)20-15(21)19-6-4-3-5-14(19)18-20;1-4-25-10-7-5-6-8-11(10)26-27(21,22)19-15(20)18-14-16-12(23-2)9-13(17-14)24-3/h1,8-9H,3-7H2;5-9H,4H2,1-3H3,(H2,16,17,18,19,20). The minimum absolute atomic E-state index is 0.0704. The van der Waals surface area contributed by atoms with Gasteiger partial charge in [0.05, 0.1) is 42.6 Å². The largest absolute Gasteiger partial charge is 0.490 e. The third kappa shape index (κ3) is 9.69. The average molecular weight is 737 g/mol. The summed E-state index contributed by atoms with van der Waals surface area (Å²) >= 11 is 12.3. The molecule has 260 valence electrons. The molecule has 16 nitrogen and oxygen atoms in total. The normalized spacial score (nSPS) is 11.9. The molecule has 3 heterocycles. The van der Waals surface area contributed by atoms with Crippen LogP contribution in [0, 0.1) is 12.3 Å². The van der Waals surface area contributed by atoms with E-state index in [1.165, 1.54) is 43.2 Å². The Labute approximate surface area is 291 Å². The van der Waals surface area contributed by atoms with Gasteiger partial charge < -0.3 is 23.1 Å². The van der Waals surface area contributed by atoms with Gasteiger partial charge in [0.1, 0.15) is 18.2 Å². The van der Waals surface area contributed by atoms with E-state index in [4.69, 9.17) is 52.8 Å². The summed E-state index contributed by atoms with van der Waals surface area (Å²) in [4.78, 5) is 32.1. The summed E-state index contributed by atoms with van der Waals surface area (Å²) in [6, 6.07) is 9.48. The summed E-state index contributed by atoms with van der Waals surface area (Å²) in [5, 5.41) is 7.19. The number of methoxy groups -OCH3 is 2. The molecular formula is C30H31Cl2N7O9S. The molecule has 19 heteroatoms. The van der Waals surface area contributed by atoms with Crippen LogP contribution in [-0.2, 0) is 23.3 Å². The van der Waals surface area contributed by atoms with E-state index in [0.717, 1.165) is 25.1 Å². The van der Waals surface area contributed by atoms with Crippen molar-refractivity contribution in [2.45, 2.75) is 32.7 Å². The Bertz CT molecular complexity index is 1990. The van der Waals surface area contributed by atoms with E-state index in [1.807, 2.05) is 0 Å². The molecular weight excluding hydrogens is 705 g/mol. The third-order valence-electron chi connectivity index (χ3n) is 6.40. The molecule has 4 aromatic rings. The summed E-state index contributed by atoms with van der Waals surface area (Å²) in [6.07, 6.45) is 7.97. The number of aromatic nitrogens is 5. The first-order chi connectivity index (χ1) is 23.5. The van der Waals surface area contributed by atoms with Gasteiger partial charge in [-0.1, -0.05) is 41.3 Å². The van der Waals surface area contributed by atoms with Gasteiger partial charge in [-0.2, -0.15) is 23.1 Å². The molecule has 2 aromatic heterocycles. The lowest BCUT2D eigenvalue weighted by Gasteiger charge is -2.12. The highest BCUT2D eigenvalue weighted by Gasteiger charge is 2.22. The maximum atomic E-state index is 12.5. The van der Waals surface area contributed by atoms with Gasteiger partial charge in [-0.3, -0.25) is 9.88 Å². The van der Waals surface area contributed by atoms with Gasteiger partial charge in [0.25, 0.3) is 0 Å². The SMILES string of the molecule is C#CCOc1cc(-n2nc3n(c2=O)CCCC3)c(Cl)cc1Cl.CCOc1ccccc1OS(=O)(=O)NC(=O)Nc1nc(OC)cc(OC)n1. The van der Waals surface area contributed by atoms with Crippen LogP contribution in [0.4, 0.5) is 10.7 Å². The van der Waals surface area contributed by atoms with Crippen LogP contribution in [0.5, 0.6) is 29.0 Å². The summed E-state index contributed by atoms with van der Waals surface area (Å²) in [7, 11) is -1.76. The van der Waals surface area contributed by atoms with E-state index in [2.05, 4.69) is 26.3 Å². The molecule has 2 amide bonds. The second-order valence-electron chi connectivity index (χ2n) is 9.70. The summed E-state index contributed by atoms with van der Waals surface area (Å²) in [5.74, 6) is 3.65. The number of fused-ring (bicyclic) bond motifs is 1. The number of urea groups is 1. The van der Waals surface area contributed by atoms with Crippen molar-refractivity contribution in [1.29, 1.82) is 0 Å². The van der Waals surface area contributed by atoms with Gasteiger partial charge in [0.15, 0.2) is 11.5 Å². The number of nitrogens with zero attached hydrogens (tertiary/aromatic N) is 5. The molecule has 2 N–H and O–H groups in total. The van der Waals surface area contributed by atoms with Gasteiger partial charge in [0.2, 0.25) is 17.7 Å². The molecule has 1 aliphatic heterocycles. The lowest BCUT2D eigenvalue weighted by atomic mass is 10.2. The number of ether oxygens (including phenoxy) is 4. The molecule has 49 heavy (non-hydrogen) atoms. The minimum Gasteiger partial charge on any atom is -0.490 e.